The van der Waals surface area contributed by atoms with Gasteiger partial charge in [0.25, 0.3) is 0 Å². The summed E-state index contributed by atoms with van der Waals surface area (Å²) >= 11 is 0. The summed E-state index contributed by atoms with van der Waals surface area (Å²) in [6.07, 6.45) is 0. The number of urea groups is 1. The van der Waals surface area contributed by atoms with Crippen molar-refractivity contribution in [2.24, 2.45) is 0 Å². The molecule has 84 valence electrons. The molecule has 2 aromatic rings. The largest absolute Gasteiger partial charge is 0.521 e. The van der Waals surface area contributed by atoms with E-state index in [2.05, 4.69) is 5.32 Å². The van der Waals surface area contributed by atoms with Gasteiger partial charge in [0.1, 0.15) is 5.69 Å². The number of hydrogen-bond acceptors (Lipinski definition) is 2. The lowest BCUT2D eigenvalue weighted by Crippen LogP contribution is -2.20. The van der Waals surface area contributed by atoms with Crippen LogP contribution in [0.1, 0.15) is 0 Å². The average molecular weight is 226 g/mol. The molecule has 17 heavy (non-hydrogen) atoms. The highest BCUT2D eigenvalue weighted by atomic mass is 16.2. The van der Waals surface area contributed by atoms with Gasteiger partial charge in [-0.25, -0.2) is 5.32 Å². The Hall–Kier alpha value is -2.49. The van der Waals surface area contributed by atoms with E-state index >= 15 is 0 Å². The van der Waals surface area contributed by atoms with E-state index < -0.39 is 6.03 Å². The quantitative estimate of drug-likeness (QED) is 0.596. The van der Waals surface area contributed by atoms with Crippen LogP contribution in [-0.2, 0) is 0 Å². The number of nitrogens with zero attached hydrogens (tertiary/aromatic N) is 1. The minimum atomic E-state index is -0.484. The summed E-state index contributed by atoms with van der Waals surface area (Å²) in [6.45, 7) is 0. The normalized spacial score (nSPS) is 9.65. The van der Waals surface area contributed by atoms with Crippen molar-refractivity contribution < 1.29 is 9.49 Å². The Morgan fingerprint density at radius 3 is 2.06 bits per heavy atom. The molecule has 2 N–H and O–H groups in total. The highest BCUT2D eigenvalue weighted by Gasteiger charge is 2.18. The smallest absolute Gasteiger partial charge is 0.202 e. The van der Waals surface area contributed by atoms with Gasteiger partial charge in [-0.15, -0.1) is 5.53 Å². The van der Waals surface area contributed by atoms with Crippen LogP contribution in [0.25, 0.3) is 0 Å². The average Bonchev–Trinajstić information content (AvgIpc) is 2.40. The third-order valence-electron chi connectivity index (χ3n) is 2.24. The van der Waals surface area contributed by atoms with Crippen LogP contribution in [0.4, 0.5) is 16.2 Å². The molecule has 2 aromatic carbocycles. The van der Waals surface area contributed by atoms with Crippen molar-refractivity contribution in [2.45, 2.75) is 0 Å². The zero-order valence-corrected chi connectivity index (χ0v) is 9.13. The van der Waals surface area contributed by atoms with Gasteiger partial charge in [0.15, 0.2) is 5.69 Å². The molecule has 0 saturated carbocycles. The van der Waals surface area contributed by atoms with Crippen LogP contribution >= 0.6 is 0 Å². The van der Waals surface area contributed by atoms with Crippen molar-refractivity contribution in [3.63, 3.8) is 0 Å². The molecule has 0 aromatic heterocycles. The molecule has 0 atom stereocenters. The van der Waals surface area contributed by atoms with Crippen LogP contribution in [-0.4, -0.2) is 10.7 Å². The highest BCUT2D eigenvalue weighted by Crippen LogP contribution is 2.12. The molecule has 0 aliphatic heterocycles. The van der Waals surface area contributed by atoms with Crippen molar-refractivity contribution in [2.75, 3.05) is 5.32 Å². The van der Waals surface area contributed by atoms with Crippen molar-refractivity contribution in [1.82, 2.24) is 0 Å². The molecule has 0 radical (unpaired) electrons. The van der Waals surface area contributed by atoms with Crippen molar-refractivity contribution in [3.8, 4) is 0 Å². The van der Waals surface area contributed by atoms with Gasteiger partial charge in [0.2, 0.25) is 0 Å². The predicted molar refractivity (Wildman–Crippen MR) is 64.5 cm³/mol. The van der Waals surface area contributed by atoms with Crippen LogP contribution in [0.2, 0.25) is 0 Å². The fourth-order valence-electron chi connectivity index (χ4n) is 1.40. The van der Waals surface area contributed by atoms with Gasteiger partial charge in [0, 0.05) is 0 Å². The molecule has 0 aliphatic rings. The predicted octanol–water partition coefficient (Wildman–Crippen LogP) is 3.59. The number of amides is 2. The lowest BCUT2D eigenvalue weighted by atomic mass is 10.3. The Labute approximate surface area is 99.0 Å². The first-order valence-electron chi connectivity index (χ1n) is 5.20. The van der Waals surface area contributed by atoms with E-state index in [1.54, 1.807) is 36.4 Å². The van der Waals surface area contributed by atoms with E-state index in [0.29, 0.717) is 11.4 Å². The lowest BCUT2D eigenvalue weighted by molar-refractivity contribution is -0.431. The number of nitrogens with one attached hydrogen (secondary N) is 2. The third-order valence-corrected chi connectivity index (χ3v) is 2.24. The molecule has 0 bridgehead atoms. The maximum Gasteiger partial charge on any atom is 0.521 e. The molecule has 0 spiro atoms. The Morgan fingerprint density at radius 1 is 0.941 bits per heavy atom. The van der Waals surface area contributed by atoms with Crippen LogP contribution < -0.4 is 5.32 Å². The van der Waals surface area contributed by atoms with Gasteiger partial charge in [0.05, 0.1) is 0 Å². The van der Waals surface area contributed by atoms with Gasteiger partial charge in [-0.1, -0.05) is 41.1 Å². The van der Waals surface area contributed by atoms with E-state index in [0.717, 1.165) is 4.70 Å². The topological polar surface area (TPSA) is 56.0 Å². The number of para-hydroxylation sites is 2. The van der Waals surface area contributed by atoms with Gasteiger partial charge < -0.3 is 0 Å². The van der Waals surface area contributed by atoms with E-state index in [4.69, 9.17) is 5.53 Å². The Bertz CT molecular complexity index is 523. The molecule has 4 nitrogen and oxygen atoms in total. The van der Waals surface area contributed by atoms with Gasteiger partial charge in [-0.3, -0.25) is 0 Å². The van der Waals surface area contributed by atoms with Gasteiger partial charge in [-0.05, 0) is 24.3 Å². The minimum Gasteiger partial charge on any atom is -0.202 e. The SMILES string of the molecule is N=[N+](C(=O)Nc1ccccc1)c1ccccc1. The van der Waals surface area contributed by atoms with Gasteiger partial charge >= 0.3 is 6.03 Å². The van der Waals surface area contributed by atoms with E-state index in [1.165, 1.54) is 0 Å². The first-order chi connectivity index (χ1) is 8.27. The molecule has 0 saturated heterocycles. The Balaban J connectivity index is 2.09. The Morgan fingerprint density at radius 2 is 1.47 bits per heavy atom. The summed E-state index contributed by atoms with van der Waals surface area (Å²) in [4.78, 5) is 11.7. The standard InChI is InChI=1S/C13H11N3O/c14-16(12-9-5-2-6-10-12)13(17)15-11-7-3-1-4-8-11/h1-10,14H/p+1. The Kier molecular flexibility index (Phi) is 3.25. The summed E-state index contributed by atoms with van der Waals surface area (Å²) in [6, 6.07) is 17.4. The lowest BCUT2D eigenvalue weighted by Gasteiger charge is -1.99. The molecule has 0 fully saturated rings. The summed E-state index contributed by atoms with van der Waals surface area (Å²) in [5.74, 6) is 0. The van der Waals surface area contributed by atoms with E-state index in [9.17, 15) is 4.79 Å². The summed E-state index contributed by atoms with van der Waals surface area (Å²) < 4.78 is 0.826. The molecular formula is C13H12N3O+. The molecule has 2 rings (SSSR count). The second-order valence-electron chi connectivity index (χ2n) is 3.47. The zero-order valence-electron chi connectivity index (χ0n) is 9.13. The molecule has 0 unspecified atom stereocenters. The zero-order chi connectivity index (χ0) is 12.1. The fourth-order valence-corrected chi connectivity index (χ4v) is 1.40. The van der Waals surface area contributed by atoms with Crippen molar-refractivity contribution >= 4 is 17.4 Å². The number of carbonyl (C=O) groups is 1. The first-order valence-corrected chi connectivity index (χ1v) is 5.20. The van der Waals surface area contributed by atoms with Gasteiger partial charge in [-0.2, -0.15) is 4.79 Å². The fraction of sp³-hybridized carbons (Fsp3) is 0. The molecule has 0 aliphatic carbocycles. The number of carbonyl (C=O) groups excluding carboxylic acids is 1. The number of hydrogen-bond donors (Lipinski definition) is 2. The van der Waals surface area contributed by atoms with Crippen LogP contribution in [0.3, 0.4) is 0 Å². The third kappa shape index (κ3) is 2.75. The molecular weight excluding hydrogens is 214 g/mol. The van der Waals surface area contributed by atoms with Crippen LogP contribution in [0, 0.1) is 5.53 Å². The minimum absolute atomic E-state index is 0.484. The molecule has 0 heterocycles. The number of benzene rings is 2. The van der Waals surface area contributed by atoms with Crippen LogP contribution in [0.5, 0.6) is 0 Å². The molecule has 2 amide bonds. The monoisotopic (exact) mass is 226 g/mol. The summed E-state index contributed by atoms with van der Waals surface area (Å²) in [7, 11) is 0. The maximum absolute atomic E-state index is 11.7. The van der Waals surface area contributed by atoms with Crippen molar-refractivity contribution in [3.05, 3.63) is 60.7 Å². The highest BCUT2D eigenvalue weighted by molar-refractivity contribution is 5.83. The van der Waals surface area contributed by atoms with Crippen molar-refractivity contribution in [1.29, 1.82) is 5.53 Å². The first kappa shape index (κ1) is 11.0. The van der Waals surface area contributed by atoms with E-state index in [1.807, 2.05) is 24.3 Å². The maximum atomic E-state index is 11.7. The summed E-state index contributed by atoms with van der Waals surface area (Å²) in [5.41, 5.74) is 8.89. The summed E-state index contributed by atoms with van der Waals surface area (Å²) in [5, 5.41) is 2.64. The van der Waals surface area contributed by atoms with E-state index in [-0.39, 0.29) is 0 Å². The number of anilines is 1. The second-order valence-corrected chi connectivity index (χ2v) is 3.47. The van der Waals surface area contributed by atoms with Crippen LogP contribution in [0.15, 0.2) is 60.7 Å². The molecule has 4 heteroatoms. The second kappa shape index (κ2) is 5.03. The number of rotatable bonds is 2.